The standard InChI is InChI=1S/C48H70O5S/c1-7-9-10-14-36-17-19-38(20-18-36)39-21-23-40(24-22-39)41-25-26-45(37(8-2)31-41)44-32-42(15-11-27-52-47(49)34(3)4)46(51-29-13-30-54)43(33-44)16-12-28-53-48(50)35(5)6/h25-26,31-33,36,38-40,54H,3,5,7-24,27-30H2,1-2,4,6H3. The number of rotatable bonds is 22. The van der Waals surface area contributed by atoms with Crippen LogP contribution in [-0.4, -0.2) is 37.5 Å². The van der Waals surface area contributed by atoms with Crippen molar-refractivity contribution in [1.29, 1.82) is 0 Å². The van der Waals surface area contributed by atoms with E-state index in [-0.39, 0.29) is 11.9 Å². The molecule has 0 spiro atoms. The van der Waals surface area contributed by atoms with Gasteiger partial charge in [0.1, 0.15) is 5.75 Å². The predicted molar refractivity (Wildman–Crippen MR) is 228 cm³/mol. The molecule has 0 atom stereocenters. The van der Waals surface area contributed by atoms with Gasteiger partial charge in [0.05, 0.1) is 19.8 Å². The van der Waals surface area contributed by atoms with E-state index in [1.807, 2.05) is 0 Å². The second-order valence-corrected chi connectivity index (χ2v) is 16.7. The average molecular weight is 759 g/mol. The van der Waals surface area contributed by atoms with Gasteiger partial charge in [-0.2, -0.15) is 12.6 Å². The van der Waals surface area contributed by atoms with Crippen LogP contribution >= 0.6 is 12.6 Å². The number of carbonyl (C=O) groups excluding carboxylic acids is 2. The van der Waals surface area contributed by atoms with Crippen LogP contribution in [-0.2, 0) is 38.3 Å². The Balaban J connectivity index is 1.52. The smallest absolute Gasteiger partial charge is 0.333 e. The summed E-state index contributed by atoms with van der Waals surface area (Å²) >= 11 is 4.41. The zero-order chi connectivity index (χ0) is 38.9. The summed E-state index contributed by atoms with van der Waals surface area (Å²) in [4.78, 5) is 24.2. The highest BCUT2D eigenvalue weighted by Crippen LogP contribution is 2.45. The van der Waals surface area contributed by atoms with Gasteiger partial charge in [0.2, 0.25) is 0 Å². The fourth-order valence-electron chi connectivity index (χ4n) is 8.80. The Hall–Kier alpha value is -2.99. The second-order valence-electron chi connectivity index (χ2n) is 16.2. The molecule has 5 nitrogen and oxygen atoms in total. The maximum Gasteiger partial charge on any atom is 0.333 e. The van der Waals surface area contributed by atoms with Crippen LogP contribution in [0.2, 0.25) is 0 Å². The molecule has 2 aromatic carbocycles. The molecular weight excluding hydrogens is 689 g/mol. The van der Waals surface area contributed by atoms with Crippen LogP contribution in [0, 0.1) is 17.8 Å². The van der Waals surface area contributed by atoms with Crippen LogP contribution in [0.4, 0.5) is 0 Å². The molecule has 0 aromatic heterocycles. The molecule has 54 heavy (non-hydrogen) atoms. The molecule has 0 saturated heterocycles. The highest BCUT2D eigenvalue weighted by molar-refractivity contribution is 7.80. The first-order valence-corrected chi connectivity index (χ1v) is 22.0. The fraction of sp³-hybridized carbons (Fsp3) is 0.625. The lowest BCUT2D eigenvalue weighted by Crippen LogP contribution is -2.25. The zero-order valence-electron chi connectivity index (χ0n) is 34.2. The molecule has 2 aliphatic carbocycles. The molecule has 0 bridgehead atoms. The van der Waals surface area contributed by atoms with Crippen molar-refractivity contribution in [3.05, 3.63) is 76.9 Å². The van der Waals surface area contributed by atoms with Crippen molar-refractivity contribution in [2.45, 2.75) is 149 Å². The minimum atomic E-state index is -0.361. The highest BCUT2D eigenvalue weighted by atomic mass is 32.1. The predicted octanol–water partition coefficient (Wildman–Crippen LogP) is 12.4. The van der Waals surface area contributed by atoms with Crippen LogP contribution in [0.3, 0.4) is 0 Å². The van der Waals surface area contributed by atoms with Crippen molar-refractivity contribution < 1.29 is 23.8 Å². The van der Waals surface area contributed by atoms with Crippen molar-refractivity contribution in [3.63, 3.8) is 0 Å². The van der Waals surface area contributed by atoms with Gasteiger partial charge in [-0.25, -0.2) is 9.59 Å². The number of hydrogen-bond donors (Lipinski definition) is 1. The average Bonchev–Trinajstić information content (AvgIpc) is 3.18. The number of benzene rings is 2. The van der Waals surface area contributed by atoms with Crippen LogP contribution in [0.1, 0.15) is 152 Å². The SMILES string of the molecule is C=C(C)C(=O)OCCCc1cc(-c2ccc(C3CCC(C4CCC(CCCCC)CC4)CC3)cc2CC)cc(CCCOC(=O)C(=C)C)c1OCCCS. The van der Waals surface area contributed by atoms with Crippen LogP contribution in [0.15, 0.2) is 54.6 Å². The summed E-state index contributed by atoms with van der Waals surface area (Å²) in [5.74, 6) is 4.40. The van der Waals surface area contributed by atoms with Gasteiger partial charge in [0.15, 0.2) is 0 Å². The Kier molecular flexibility index (Phi) is 18.8. The molecular formula is C48H70O5S. The van der Waals surface area contributed by atoms with Crippen molar-refractivity contribution in [3.8, 4) is 16.9 Å². The third kappa shape index (κ3) is 13.3. The molecule has 2 saturated carbocycles. The maximum absolute atomic E-state index is 12.1. The molecule has 0 N–H and O–H groups in total. The lowest BCUT2D eigenvalue weighted by atomic mass is 9.68. The number of carbonyl (C=O) groups is 2. The van der Waals surface area contributed by atoms with E-state index in [1.165, 1.54) is 99.3 Å². The summed E-state index contributed by atoms with van der Waals surface area (Å²) < 4.78 is 17.4. The van der Waals surface area contributed by atoms with Gasteiger partial charge in [-0.05, 0) is 166 Å². The molecule has 0 heterocycles. The van der Waals surface area contributed by atoms with E-state index < -0.39 is 0 Å². The van der Waals surface area contributed by atoms with E-state index in [0.29, 0.717) is 62.6 Å². The first-order chi connectivity index (χ1) is 26.1. The first-order valence-electron chi connectivity index (χ1n) is 21.3. The number of unbranched alkanes of at least 4 members (excludes halogenated alkanes) is 2. The molecule has 0 aliphatic heterocycles. The Morgan fingerprint density at radius 3 is 1.80 bits per heavy atom. The van der Waals surface area contributed by atoms with Crippen LogP contribution in [0.5, 0.6) is 5.75 Å². The third-order valence-electron chi connectivity index (χ3n) is 12.0. The van der Waals surface area contributed by atoms with E-state index in [4.69, 9.17) is 14.2 Å². The van der Waals surface area contributed by atoms with Crippen molar-refractivity contribution in [2.75, 3.05) is 25.6 Å². The molecule has 2 aliphatic rings. The van der Waals surface area contributed by atoms with Gasteiger partial charge in [-0.15, -0.1) is 0 Å². The van der Waals surface area contributed by atoms with Crippen LogP contribution in [0.25, 0.3) is 11.1 Å². The van der Waals surface area contributed by atoms with Crippen LogP contribution < -0.4 is 4.74 Å². The number of hydrogen-bond acceptors (Lipinski definition) is 6. The summed E-state index contributed by atoms with van der Waals surface area (Å²) in [5.41, 5.74) is 8.33. The number of aryl methyl sites for hydroxylation is 3. The summed E-state index contributed by atoms with van der Waals surface area (Å²) in [6, 6.07) is 11.8. The summed E-state index contributed by atoms with van der Waals surface area (Å²) in [6.45, 7) is 16.5. The Labute approximate surface area is 333 Å². The summed E-state index contributed by atoms with van der Waals surface area (Å²) in [5, 5.41) is 0. The Morgan fingerprint density at radius 1 is 0.704 bits per heavy atom. The molecule has 2 aromatic rings. The van der Waals surface area contributed by atoms with E-state index in [9.17, 15) is 9.59 Å². The summed E-state index contributed by atoms with van der Waals surface area (Å²) in [7, 11) is 0. The van der Waals surface area contributed by atoms with Gasteiger partial charge < -0.3 is 14.2 Å². The molecule has 2 fully saturated rings. The van der Waals surface area contributed by atoms with Gasteiger partial charge in [-0.1, -0.05) is 83.7 Å². The Bertz CT molecular complexity index is 1460. The highest BCUT2D eigenvalue weighted by Gasteiger charge is 2.31. The van der Waals surface area contributed by atoms with E-state index in [2.05, 4.69) is 70.0 Å². The molecule has 298 valence electrons. The fourth-order valence-corrected chi connectivity index (χ4v) is 8.93. The minimum absolute atomic E-state index is 0.315. The van der Waals surface area contributed by atoms with Crippen molar-refractivity contribution in [1.82, 2.24) is 0 Å². The van der Waals surface area contributed by atoms with E-state index in [1.54, 1.807) is 13.8 Å². The monoisotopic (exact) mass is 758 g/mol. The van der Waals surface area contributed by atoms with Crippen molar-refractivity contribution in [2.24, 2.45) is 17.8 Å². The molecule has 0 unspecified atom stereocenters. The third-order valence-corrected chi connectivity index (χ3v) is 12.3. The largest absolute Gasteiger partial charge is 0.493 e. The quantitative estimate of drug-likeness (QED) is 0.0561. The molecule has 4 rings (SSSR count). The second kappa shape index (κ2) is 23.2. The number of thiol groups is 1. The van der Waals surface area contributed by atoms with Gasteiger partial charge in [-0.3, -0.25) is 0 Å². The molecule has 0 amide bonds. The molecule has 0 radical (unpaired) electrons. The maximum atomic E-state index is 12.1. The topological polar surface area (TPSA) is 61.8 Å². The minimum Gasteiger partial charge on any atom is -0.493 e. The van der Waals surface area contributed by atoms with Gasteiger partial charge in [0.25, 0.3) is 0 Å². The van der Waals surface area contributed by atoms with E-state index in [0.717, 1.165) is 53.2 Å². The van der Waals surface area contributed by atoms with Gasteiger partial charge in [0, 0.05) is 11.1 Å². The van der Waals surface area contributed by atoms with Crippen molar-refractivity contribution >= 4 is 24.6 Å². The number of esters is 2. The molecule has 6 heteroatoms. The number of ether oxygens (including phenoxy) is 3. The lowest BCUT2D eigenvalue weighted by molar-refractivity contribution is -0.139. The Morgan fingerprint density at radius 2 is 1.28 bits per heavy atom. The first kappa shape index (κ1) is 43.7. The zero-order valence-corrected chi connectivity index (χ0v) is 35.0. The normalized spacial score (nSPS) is 19.9. The van der Waals surface area contributed by atoms with E-state index >= 15 is 0 Å². The summed E-state index contributed by atoms with van der Waals surface area (Å²) in [6.07, 6.45) is 21.4. The lowest BCUT2D eigenvalue weighted by Gasteiger charge is -2.38. The van der Waals surface area contributed by atoms with Gasteiger partial charge >= 0.3 is 11.9 Å².